The summed E-state index contributed by atoms with van der Waals surface area (Å²) in [6.45, 7) is 44.0. The monoisotopic (exact) mass is 498 g/mol. The smallest absolute Gasteiger partial charge is 0.0179 e. The van der Waals surface area contributed by atoms with Crippen molar-refractivity contribution in [2.45, 2.75) is 139 Å². The molecule has 0 unspecified atom stereocenters. The number of nitrogens with one attached hydrogen (secondary N) is 1. The molecule has 1 N–H and O–H groups in total. The van der Waals surface area contributed by atoms with Crippen LogP contribution < -0.4 is 5.32 Å². The van der Waals surface area contributed by atoms with Crippen molar-refractivity contribution in [2.24, 2.45) is 5.92 Å². The lowest BCUT2D eigenvalue weighted by atomic mass is 9.87. The molecule has 0 aromatic heterocycles. The topological polar surface area (TPSA) is 25.0 Å². The fourth-order valence-electron chi connectivity index (χ4n) is 5.21. The minimum atomic E-state index is 0.213. The Morgan fingerprint density at radius 3 is 1.14 bits per heavy atom. The Morgan fingerprint density at radius 1 is 0.486 bits per heavy atom. The van der Waals surface area contributed by atoms with Crippen molar-refractivity contribution in [3.8, 4) is 0 Å². The second-order valence-electron chi connectivity index (χ2n) is 13.6. The second-order valence-corrected chi connectivity index (χ2v) is 13.6. The van der Waals surface area contributed by atoms with Crippen molar-refractivity contribution in [1.29, 1.82) is 0 Å². The van der Waals surface area contributed by atoms with Crippen LogP contribution in [0.3, 0.4) is 0 Å². The maximum atomic E-state index is 3.75. The summed E-state index contributed by atoms with van der Waals surface area (Å²) in [4.78, 5) is 10.6. The SMILES string of the molecule is CC(C)N(CCNCCN(CCN(C(C)C)C(C)(C)C(C)C)C(C)C)CCN(C(C)C)C(C)(C)C. The maximum Gasteiger partial charge on any atom is 0.0179 e. The number of hydrogen-bond donors (Lipinski definition) is 1. The fourth-order valence-corrected chi connectivity index (χ4v) is 5.21. The van der Waals surface area contributed by atoms with Gasteiger partial charge in [-0.2, -0.15) is 0 Å². The first-order valence-corrected chi connectivity index (χ1v) is 14.6. The van der Waals surface area contributed by atoms with Gasteiger partial charge in [-0.25, -0.2) is 0 Å². The summed E-state index contributed by atoms with van der Waals surface area (Å²) in [6.07, 6.45) is 0. The van der Waals surface area contributed by atoms with Gasteiger partial charge in [0.1, 0.15) is 0 Å². The molecule has 212 valence electrons. The largest absolute Gasteiger partial charge is 0.314 e. The van der Waals surface area contributed by atoms with Crippen LogP contribution in [0.25, 0.3) is 0 Å². The Balaban J connectivity index is 4.69. The van der Waals surface area contributed by atoms with E-state index in [1.54, 1.807) is 0 Å². The van der Waals surface area contributed by atoms with Gasteiger partial charge in [0.2, 0.25) is 0 Å². The van der Waals surface area contributed by atoms with Crippen LogP contribution in [0.5, 0.6) is 0 Å². The van der Waals surface area contributed by atoms with Gasteiger partial charge < -0.3 is 5.32 Å². The van der Waals surface area contributed by atoms with Gasteiger partial charge in [-0.05, 0) is 95.9 Å². The van der Waals surface area contributed by atoms with Gasteiger partial charge in [0, 0.05) is 87.6 Å². The molecule has 0 aromatic rings. The predicted octanol–water partition coefficient (Wildman–Crippen LogP) is 5.65. The van der Waals surface area contributed by atoms with E-state index >= 15 is 0 Å². The molecule has 0 saturated carbocycles. The summed E-state index contributed by atoms with van der Waals surface area (Å²) in [6, 6.07) is 2.28. The van der Waals surface area contributed by atoms with Crippen molar-refractivity contribution in [3.05, 3.63) is 0 Å². The highest BCUT2D eigenvalue weighted by Gasteiger charge is 2.32. The summed E-state index contributed by atoms with van der Waals surface area (Å²) in [7, 11) is 0. The van der Waals surface area contributed by atoms with Crippen molar-refractivity contribution < 1.29 is 0 Å². The molecule has 5 nitrogen and oxygen atoms in total. The van der Waals surface area contributed by atoms with Crippen LogP contribution >= 0.6 is 0 Å². The molecule has 0 aliphatic rings. The predicted molar refractivity (Wildman–Crippen MR) is 159 cm³/mol. The highest BCUT2D eigenvalue weighted by Crippen LogP contribution is 2.26. The van der Waals surface area contributed by atoms with E-state index in [0.717, 1.165) is 52.4 Å². The number of rotatable bonds is 18. The van der Waals surface area contributed by atoms with E-state index in [9.17, 15) is 0 Å². The summed E-state index contributed by atoms with van der Waals surface area (Å²) in [5.41, 5.74) is 0.429. The van der Waals surface area contributed by atoms with Crippen LogP contribution in [0.1, 0.15) is 104 Å². The number of hydrogen-bond acceptors (Lipinski definition) is 5. The van der Waals surface area contributed by atoms with Gasteiger partial charge in [0.25, 0.3) is 0 Å². The molecule has 0 aromatic carbocycles. The zero-order valence-corrected chi connectivity index (χ0v) is 26.8. The minimum Gasteiger partial charge on any atom is -0.314 e. The van der Waals surface area contributed by atoms with Crippen LogP contribution in [0, 0.1) is 5.92 Å². The molecule has 5 heteroatoms. The molecule has 0 spiro atoms. The lowest BCUT2D eigenvalue weighted by molar-refractivity contribution is 0.0335. The van der Waals surface area contributed by atoms with Gasteiger partial charge >= 0.3 is 0 Å². The van der Waals surface area contributed by atoms with Gasteiger partial charge in [-0.15, -0.1) is 0 Å². The molecule has 0 rings (SSSR count). The second kappa shape index (κ2) is 15.9. The lowest BCUT2D eigenvalue weighted by Gasteiger charge is -2.45. The Hall–Kier alpha value is -0.200. The molecule has 0 atom stereocenters. The van der Waals surface area contributed by atoms with E-state index in [2.05, 4.69) is 129 Å². The quantitative estimate of drug-likeness (QED) is 0.247. The van der Waals surface area contributed by atoms with E-state index in [1.165, 1.54) is 0 Å². The fraction of sp³-hybridized carbons (Fsp3) is 1.00. The van der Waals surface area contributed by atoms with Gasteiger partial charge in [0.15, 0.2) is 0 Å². The van der Waals surface area contributed by atoms with Crippen LogP contribution in [0.2, 0.25) is 0 Å². The van der Waals surface area contributed by atoms with Gasteiger partial charge in [0.05, 0.1) is 0 Å². The van der Waals surface area contributed by atoms with E-state index in [0.29, 0.717) is 30.1 Å². The Morgan fingerprint density at radius 2 is 0.857 bits per heavy atom. The standard InChI is InChI=1S/C30H67N5/c1-24(2)30(14,15)35(28(9)10)23-21-33(26(5)6)19-17-31-16-18-32(25(3)4)20-22-34(27(7)8)29(11,12)13/h24-28,31H,16-23H2,1-15H3. The van der Waals surface area contributed by atoms with Crippen LogP contribution in [-0.4, -0.2) is 107 Å². The third-order valence-electron chi connectivity index (χ3n) is 8.13. The minimum absolute atomic E-state index is 0.213. The van der Waals surface area contributed by atoms with Gasteiger partial charge in [-0.1, -0.05) is 13.8 Å². The van der Waals surface area contributed by atoms with E-state index in [-0.39, 0.29) is 11.1 Å². The normalized spacial score (nSPS) is 14.1. The highest BCUT2D eigenvalue weighted by molar-refractivity contribution is 4.87. The lowest BCUT2D eigenvalue weighted by Crippen LogP contribution is -2.54. The molecular weight excluding hydrogens is 430 g/mol. The Kier molecular flexibility index (Phi) is 15.8. The van der Waals surface area contributed by atoms with E-state index in [4.69, 9.17) is 0 Å². The Bertz CT molecular complexity index is 533. The summed E-state index contributed by atoms with van der Waals surface area (Å²) < 4.78 is 0. The molecule has 0 saturated heterocycles. The average molecular weight is 498 g/mol. The van der Waals surface area contributed by atoms with Crippen molar-refractivity contribution in [3.63, 3.8) is 0 Å². The van der Waals surface area contributed by atoms with Crippen LogP contribution in [0.15, 0.2) is 0 Å². The zero-order valence-electron chi connectivity index (χ0n) is 26.8. The molecule has 0 aliphatic carbocycles. The molecule has 0 radical (unpaired) electrons. The van der Waals surface area contributed by atoms with E-state index < -0.39 is 0 Å². The first-order chi connectivity index (χ1) is 15.9. The number of nitrogens with zero attached hydrogens (tertiary/aromatic N) is 4. The molecule has 0 fully saturated rings. The zero-order chi connectivity index (χ0) is 27.6. The first kappa shape index (κ1) is 34.8. The van der Waals surface area contributed by atoms with Crippen molar-refractivity contribution in [2.75, 3.05) is 52.4 Å². The van der Waals surface area contributed by atoms with E-state index in [1.807, 2.05) is 0 Å². The molecule has 0 bridgehead atoms. The highest BCUT2D eigenvalue weighted by atomic mass is 15.3. The Labute approximate surface area is 222 Å². The third kappa shape index (κ3) is 12.7. The summed E-state index contributed by atoms with van der Waals surface area (Å²) in [5, 5.41) is 3.75. The first-order valence-electron chi connectivity index (χ1n) is 14.6. The van der Waals surface area contributed by atoms with Crippen LogP contribution in [0.4, 0.5) is 0 Å². The third-order valence-corrected chi connectivity index (χ3v) is 8.13. The molecule has 0 aliphatic heterocycles. The van der Waals surface area contributed by atoms with Crippen molar-refractivity contribution in [1.82, 2.24) is 24.9 Å². The summed E-state index contributed by atoms with van der Waals surface area (Å²) in [5.74, 6) is 0.638. The molecule has 0 amide bonds. The van der Waals surface area contributed by atoms with Crippen LogP contribution in [-0.2, 0) is 0 Å². The average Bonchev–Trinajstić information content (AvgIpc) is 2.68. The summed E-state index contributed by atoms with van der Waals surface area (Å²) >= 11 is 0. The molecule has 0 heterocycles. The molecule has 35 heavy (non-hydrogen) atoms. The van der Waals surface area contributed by atoms with Gasteiger partial charge in [-0.3, -0.25) is 19.6 Å². The van der Waals surface area contributed by atoms with Crippen molar-refractivity contribution >= 4 is 0 Å². The maximum absolute atomic E-state index is 3.75. The molecular formula is C30H67N5.